The number of hydrogen-bond donors (Lipinski definition) is 2. The van der Waals surface area contributed by atoms with Crippen LogP contribution in [0.3, 0.4) is 0 Å². The molecule has 0 radical (unpaired) electrons. The predicted octanol–water partition coefficient (Wildman–Crippen LogP) is 4.48. The number of anilines is 1. The second kappa shape index (κ2) is 8.02. The van der Waals surface area contributed by atoms with Gasteiger partial charge in [0.15, 0.2) is 0 Å². The summed E-state index contributed by atoms with van der Waals surface area (Å²) in [5, 5.41) is 2.94. The van der Waals surface area contributed by atoms with Crippen molar-refractivity contribution in [1.82, 2.24) is 5.32 Å². The molecule has 0 heterocycles. The normalized spacial score (nSPS) is 19.8. The number of amides is 1. The molecule has 1 saturated carbocycles. The second-order valence-electron chi connectivity index (χ2n) is 9.16. The molecule has 2 unspecified atom stereocenters. The van der Waals surface area contributed by atoms with E-state index in [0.717, 1.165) is 18.2 Å². The number of carbonyl (C=O) groups excluding carboxylic acids is 1. The van der Waals surface area contributed by atoms with Crippen LogP contribution in [-0.4, -0.2) is 20.6 Å². The lowest BCUT2D eigenvalue weighted by atomic mass is 9.86. The Morgan fingerprint density at radius 1 is 1.13 bits per heavy atom. The third kappa shape index (κ3) is 5.39. The van der Waals surface area contributed by atoms with Gasteiger partial charge in [-0.25, -0.2) is 12.8 Å². The maximum Gasteiger partial charge on any atom is 0.229 e. The SMILES string of the molecule is C[C@@H](NC(=O)C1CC1c1ccc(C(C)(C)C)cc1)c1ccc(NS(C)(=O)=O)c(F)c1. The fourth-order valence-electron chi connectivity index (χ4n) is 3.57. The Labute approximate surface area is 178 Å². The van der Waals surface area contributed by atoms with Crippen molar-refractivity contribution in [2.45, 2.75) is 51.5 Å². The minimum absolute atomic E-state index is 0.0499. The van der Waals surface area contributed by atoms with Gasteiger partial charge in [-0.3, -0.25) is 9.52 Å². The predicted molar refractivity (Wildman–Crippen MR) is 117 cm³/mol. The van der Waals surface area contributed by atoms with Gasteiger partial charge in [-0.1, -0.05) is 51.1 Å². The van der Waals surface area contributed by atoms with Gasteiger partial charge in [-0.05, 0) is 53.5 Å². The van der Waals surface area contributed by atoms with Gasteiger partial charge in [0.05, 0.1) is 18.0 Å². The van der Waals surface area contributed by atoms with Crippen molar-refractivity contribution in [2.24, 2.45) is 5.92 Å². The van der Waals surface area contributed by atoms with Crippen LogP contribution in [0.4, 0.5) is 10.1 Å². The molecule has 0 aromatic heterocycles. The highest BCUT2D eigenvalue weighted by molar-refractivity contribution is 7.92. The number of rotatable bonds is 6. The summed E-state index contributed by atoms with van der Waals surface area (Å²) in [4.78, 5) is 12.6. The molecule has 0 spiro atoms. The maximum absolute atomic E-state index is 14.2. The van der Waals surface area contributed by atoms with Crippen molar-refractivity contribution in [3.8, 4) is 0 Å². The van der Waals surface area contributed by atoms with Crippen molar-refractivity contribution >= 4 is 21.6 Å². The lowest BCUT2D eigenvalue weighted by Gasteiger charge is -2.19. The third-order valence-electron chi connectivity index (χ3n) is 5.48. The fraction of sp³-hybridized carbons (Fsp3) is 0.435. The molecule has 3 rings (SSSR count). The molecular formula is C23H29FN2O3S. The van der Waals surface area contributed by atoms with E-state index in [4.69, 9.17) is 0 Å². The number of benzene rings is 2. The minimum atomic E-state index is -3.56. The highest BCUT2D eigenvalue weighted by atomic mass is 32.2. The molecule has 0 aliphatic heterocycles. The average Bonchev–Trinajstić information content (AvgIpc) is 3.42. The lowest BCUT2D eigenvalue weighted by molar-refractivity contribution is -0.123. The van der Waals surface area contributed by atoms with Crippen LogP contribution in [0.1, 0.15) is 62.8 Å². The Morgan fingerprint density at radius 3 is 2.30 bits per heavy atom. The van der Waals surface area contributed by atoms with Gasteiger partial charge in [-0.2, -0.15) is 0 Å². The summed E-state index contributed by atoms with van der Waals surface area (Å²) in [7, 11) is -3.56. The Bertz CT molecular complexity index is 1040. The highest BCUT2D eigenvalue weighted by Crippen LogP contribution is 2.48. The van der Waals surface area contributed by atoms with Crippen molar-refractivity contribution < 1.29 is 17.6 Å². The van der Waals surface area contributed by atoms with E-state index in [1.54, 1.807) is 13.0 Å². The molecule has 30 heavy (non-hydrogen) atoms. The summed E-state index contributed by atoms with van der Waals surface area (Å²) in [6, 6.07) is 12.3. The largest absolute Gasteiger partial charge is 0.349 e. The van der Waals surface area contributed by atoms with Crippen LogP contribution in [0.5, 0.6) is 0 Å². The smallest absolute Gasteiger partial charge is 0.229 e. The highest BCUT2D eigenvalue weighted by Gasteiger charge is 2.44. The molecule has 7 heteroatoms. The fourth-order valence-corrected chi connectivity index (χ4v) is 4.14. The van der Waals surface area contributed by atoms with Gasteiger partial charge in [0, 0.05) is 5.92 Å². The van der Waals surface area contributed by atoms with E-state index in [9.17, 15) is 17.6 Å². The first-order chi connectivity index (χ1) is 13.8. The van der Waals surface area contributed by atoms with E-state index in [1.165, 1.54) is 17.7 Å². The Kier molecular flexibility index (Phi) is 5.96. The van der Waals surface area contributed by atoms with Crippen molar-refractivity contribution in [1.29, 1.82) is 0 Å². The first-order valence-corrected chi connectivity index (χ1v) is 11.9. The molecule has 1 aliphatic carbocycles. The molecule has 162 valence electrons. The molecule has 5 nitrogen and oxygen atoms in total. The van der Waals surface area contributed by atoms with Crippen molar-refractivity contribution in [3.63, 3.8) is 0 Å². The second-order valence-corrected chi connectivity index (χ2v) is 10.9. The number of sulfonamides is 1. The van der Waals surface area contributed by atoms with E-state index in [-0.39, 0.29) is 34.9 Å². The monoisotopic (exact) mass is 432 g/mol. The molecule has 0 bridgehead atoms. The molecule has 3 atom stereocenters. The summed E-state index contributed by atoms with van der Waals surface area (Å²) >= 11 is 0. The van der Waals surface area contributed by atoms with E-state index in [0.29, 0.717) is 5.56 Å². The molecule has 1 fully saturated rings. The summed E-state index contributed by atoms with van der Waals surface area (Å²) in [5.41, 5.74) is 2.98. The van der Waals surface area contributed by atoms with Crippen LogP contribution in [0, 0.1) is 11.7 Å². The van der Waals surface area contributed by atoms with Crippen molar-refractivity contribution in [3.05, 3.63) is 65.0 Å². The minimum Gasteiger partial charge on any atom is -0.349 e. The van der Waals surface area contributed by atoms with Crippen molar-refractivity contribution in [2.75, 3.05) is 11.0 Å². The molecule has 1 amide bonds. The van der Waals surface area contributed by atoms with Crippen LogP contribution in [0.25, 0.3) is 0 Å². The maximum atomic E-state index is 14.2. The Hall–Kier alpha value is -2.41. The van der Waals surface area contributed by atoms with Crippen LogP contribution in [-0.2, 0) is 20.2 Å². The van der Waals surface area contributed by atoms with Gasteiger partial charge >= 0.3 is 0 Å². The van der Waals surface area contributed by atoms with E-state index >= 15 is 0 Å². The standard InChI is InChI=1S/C23H29FN2O3S/c1-14(16-8-11-21(20(24)12-16)26-30(5,28)29)25-22(27)19-13-18(19)15-6-9-17(10-7-15)23(2,3)4/h6-12,14,18-19,26H,13H2,1-5H3,(H,25,27)/t14-,18?,19?/m1/s1. The van der Waals surface area contributed by atoms with Gasteiger partial charge < -0.3 is 5.32 Å². The molecule has 0 saturated heterocycles. The summed E-state index contributed by atoms with van der Waals surface area (Å²) < 4.78 is 38.9. The Balaban J connectivity index is 1.61. The lowest BCUT2D eigenvalue weighted by Crippen LogP contribution is -2.28. The first-order valence-electron chi connectivity index (χ1n) is 10.0. The van der Waals surface area contributed by atoms with Gasteiger partial charge in [0.25, 0.3) is 0 Å². The molecule has 1 aliphatic rings. The summed E-state index contributed by atoms with van der Waals surface area (Å²) in [6.45, 7) is 8.29. The van der Waals surface area contributed by atoms with E-state index in [1.807, 2.05) is 0 Å². The van der Waals surface area contributed by atoms with Crippen LogP contribution >= 0.6 is 0 Å². The summed E-state index contributed by atoms with van der Waals surface area (Å²) in [5.74, 6) is -0.596. The number of hydrogen-bond acceptors (Lipinski definition) is 3. The zero-order chi connectivity index (χ0) is 22.3. The number of carbonyl (C=O) groups is 1. The van der Waals surface area contributed by atoms with Gasteiger partial charge in [0.1, 0.15) is 5.82 Å². The Morgan fingerprint density at radius 2 is 1.77 bits per heavy atom. The van der Waals surface area contributed by atoms with E-state index < -0.39 is 15.8 Å². The topological polar surface area (TPSA) is 75.3 Å². The molecule has 2 aromatic rings. The average molecular weight is 433 g/mol. The van der Waals surface area contributed by atoms with Crippen LogP contribution < -0.4 is 10.0 Å². The first kappa shape index (κ1) is 22.3. The van der Waals surface area contributed by atoms with Crippen LogP contribution in [0.15, 0.2) is 42.5 Å². The van der Waals surface area contributed by atoms with Gasteiger partial charge in [0.2, 0.25) is 15.9 Å². The van der Waals surface area contributed by atoms with E-state index in [2.05, 4.69) is 55.1 Å². The third-order valence-corrected chi connectivity index (χ3v) is 6.07. The molecular weight excluding hydrogens is 403 g/mol. The zero-order valence-corrected chi connectivity index (χ0v) is 18.8. The van der Waals surface area contributed by atoms with Crippen LogP contribution in [0.2, 0.25) is 0 Å². The molecule has 2 N–H and O–H groups in total. The summed E-state index contributed by atoms with van der Waals surface area (Å²) in [6.07, 6.45) is 1.77. The number of nitrogens with one attached hydrogen (secondary N) is 2. The zero-order valence-electron chi connectivity index (χ0n) is 18.0. The van der Waals surface area contributed by atoms with Gasteiger partial charge in [-0.15, -0.1) is 0 Å². The number of halogens is 1. The quantitative estimate of drug-likeness (QED) is 0.707. The molecule has 2 aromatic carbocycles.